The van der Waals surface area contributed by atoms with Crippen molar-refractivity contribution in [2.45, 2.75) is 38.5 Å². The zero-order chi connectivity index (χ0) is 32.9. The lowest BCUT2D eigenvalue weighted by Gasteiger charge is -2.28. The van der Waals surface area contributed by atoms with Crippen LogP contribution in [0.1, 0.15) is 75.7 Å². The number of thiophene rings is 1. The maximum Gasteiger partial charge on any atom is 0.197 e. The molecule has 0 saturated carbocycles. The third-order valence-corrected chi connectivity index (χ3v) is 11.5. The summed E-state index contributed by atoms with van der Waals surface area (Å²) < 4.78 is 0. The summed E-state index contributed by atoms with van der Waals surface area (Å²) in [5.41, 5.74) is 11.4. The molecule has 0 bridgehead atoms. The molecule has 3 aliphatic rings. The molecule has 9 rings (SSSR count). The molecule has 0 spiro atoms. The monoisotopic (exact) mass is 640 g/mol. The fourth-order valence-corrected chi connectivity index (χ4v) is 9.16. The summed E-state index contributed by atoms with van der Waals surface area (Å²) in [6.07, 6.45) is 1.77. The number of para-hydroxylation sites is 1. The van der Waals surface area contributed by atoms with Crippen molar-refractivity contribution in [3.63, 3.8) is 0 Å². The molecule has 0 N–H and O–H groups in total. The highest BCUT2D eigenvalue weighted by atomic mass is 32.1. The minimum Gasteiger partial charge on any atom is -0.295 e. The Bertz CT molecular complexity index is 2360. The van der Waals surface area contributed by atoms with Crippen molar-refractivity contribution in [1.82, 2.24) is 4.98 Å². The summed E-state index contributed by atoms with van der Waals surface area (Å²) in [7, 11) is 0. The summed E-state index contributed by atoms with van der Waals surface area (Å²) in [5, 5.41) is 0. The maximum atomic E-state index is 13.1. The molecule has 232 valence electrons. The van der Waals surface area contributed by atoms with Gasteiger partial charge in [0.2, 0.25) is 0 Å². The van der Waals surface area contributed by atoms with Gasteiger partial charge >= 0.3 is 0 Å². The molecular formula is C43H32N2O2S. The van der Waals surface area contributed by atoms with Crippen LogP contribution in [-0.4, -0.2) is 16.6 Å². The van der Waals surface area contributed by atoms with Gasteiger partial charge < -0.3 is 0 Å². The van der Waals surface area contributed by atoms with Gasteiger partial charge in [0, 0.05) is 48.6 Å². The maximum absolute atomic E-state index is 13.1. The standard InChI is InChI=1S/C43H32N2O2S/c1-42(2)34-17-11-10-14-28(34)29-19-18-26(22-35(29)42)45(25-12-6-5-7-13-25)37-21-20-32-40-36(43(3,4)41(32)44-37)24-27(48-40)23-33-38(46)30-15-8-9-16-31(30)39(33)47/h5-24H,1-4H3. The Hall–Kier alpha value is -5.39. The van der Waals surface area contributed by atoms with E-state index in [1.54, 1.807) is 41.7 Å². The van der Waals surface area contributed by atoms with Crippen LogP contribution in [0.25, 0.3) is 27.6 Å². The zero-order valence-corrected chi connectivity index (χ0v) is 28.0. The van der Waals surface area contributed by atoms with E-state index in [0.717, 1.165) is 43.8 Å². The molecule has 0 radical (unpaired) electrons. The number of allylic oxidation sites excluding steroid dienone is 1. The van der Waals surface area contributed by atoms with Gasteiger partial charge in [0.1, 0.15) is 5.82 Å². The molecule has 0 saturated heterocycles. The van der Waals surface area contributed by atoms with Crippen molar-refractivity contribution in [3.8, 4) is 21.6 Å². The predicted molar refractivity (Wildman–Crippen MR) is 195 cm³/mol. The van der Waals surface area contributed by atoms with Crippen LogP contribution in [0.3, 0.4) is 0 Å². The van der Waals surface area contributed by atoms with E-state index in [9.17, 15) is 9.59 Å². The second kappa shape index (κ2) is 10.1. The summed E-state index contributed by atoms with van der Waals surface area (Å²) in [5.74, 6) is 0.462. The van der Waals surface area contributed by atoms with Gasteiger partial charge in [-0.1, -0.05) is 100 Å². The van der Waals surface area contributed by atoms with E-state index >= 15 is 0 Å². The Morgan fingerprint density at radius 2 is 1.21 bits per heavy atom. The third kappa shape index (κ3) is 3.97. The zero-order valence-electron chi connectivity index (χ0n) is 27.2. The lowest BCUT2D eigenvalue weighted by Crippen LogP contribution is -2.20. The molecule has 48 heavy (non-hydrogen) atoms. The number of hydrogen-bond acceptors (Lipinski definition) is 5. The van der Waals surface area contributed by atoms with Crippen LogP contribution in [0.4, 0.5) is 17.2 Å². The van der Waals surface area contributed by atoms with Gasteiger partial charge in [-0.2, -0.15) is 0 Å². The molecule has 5 heteroatoms. The van der Waals surface area contributed by atoms with Gasteiger partial charge in [-0.3, -0.25) is 14.5 Å². The normalized spacial score (nSPS) is 15.9. The van der Waals surface area contributed by atoms with Crippen molar-refractivity contribution >= 4 is 46.2 Å². The van der Waals surface area contributed by atoms with Crippen molar-refractivity contribution in [2.24, 2.45) is 0 Å². The number of aromatic nitrogens is 1. The SMILES string of the molecule is CC1(C)c2ccccc2-c2ccc(N(c3ccccc3)c3ccc4c(n3)C(C)(C)c3cc(C=C5C(=O)c6ccccc6C5=O)sc3-4)cc21. The fraction of sp³-hybridized carbons (Fsp3) is 0.140. The first-order valence-corrected chi connectivity index (χ1v) is 17.1. The van der Waals surface area contributed by atoms with Crippen LogP contribution < -0.4 is 4.90 Å². The molecular weight excluding hydrogens is 609 g/mol. The number of fused-ring (bicyclic) bond motifs is 7. The summed E-state index contributed by atoms with van der Waals surface area (Å²) in [4.78, 5) is 35.9. The quantitative estimate of drug-likeness (QED) is 0.142. The Labute approximate surface area is 284 Å². The van der Waals surface area contributed by atoms with Crippen LogP contribution >= 0.6 is 11.3 Å². The minimum atomic E-state index is -0.371. The Balaban J connectivity index is 1.13. The van der Waals surface area contributed by atoms with Gasteiger partial charge in [-0.25, -0.2) is 4.98 Å². The van der Waals surface area contributed by atoms with E-state index in [4.69, 9.17) is 4.98 Å². The molecule has 0 fully saturated rings. The Morgan fingerprint density at radius 3 is 1.94 bits per heavy atom. The highest BCUT2D eigenvalue weighted by Gasteiger charge is 2.41. The molecule has 0 amide bonds. The van der Waals surface area contributed by atoms with Crippen LogP contribution in [0.15, 0.2) is 121 Å². The van der Waals surface area contributed by atoms with Crippen molar-refractivity contribution < 1.29 is 9.59 Å². The molecule has 6 aromatic rings. The second-order valence-corrected chi connectivity index (χ2v) is 15.0. The van der Waals surface area contributed by atoms with Crippen LogP contribution in [0.2, 0.25) is 0 Å². The summed E-state index contributed by atoms with van der Waals surface area (Å²) in [6, 6.07) is 39.5. The number of benzene rings is 4. The number of pyridine rings is 1. The summed E-state index contributed by atoms with van der Waals surface area (Å²) in [6.45, 7) is 9.04. The molecule has 4 nitrogen and oxygen atoms in total. The minimum absolute atomic E-state index is 0.116. The lowest BCUT2D eigenvalue weighted by atomic mass is 9.82. The first-order chi connectivity index (χ1) is 23.1. The molecule has 3 aliphatic carbocycles. The van der Waals surface area contributed by atoms with Crippen LogP contribution in [-0.2, 0) is 10.8 Å². The first kappa shape index (κ1) is 28.8. The van der Waals surface area contributed by atoms with Gasteiger partial charge in [-0.05, 0) is 76.4 Å². The Morgan fingerprint density at radius 1 is 0.583 bits per heavy atom. The van der Waals surface area contributed by atoms with Crippen molar-refractivity contribution in [1.29, 1.82) is 0 Å². The van der Waals surface area contributed by atoms with Crippen molar-refractivity contribution in [3.05, 3.63) is 159 Å². The van der Waals surface area contributed by atoms with Crippen molar-refractivity contribution in [2.75, 3.05) is 4.90 Å². The fourth-order valence-electron chi connectivity index (χ4n) is 7.87. The summed E-state index contributed by atoms with van der Waals surface area (Å²) >= 11 is 1.62. The average molecular weight is 641 g/mol. The van der Waals surface area contributed by atoms with E-state index in [-0.39, 0.29) is 28.0 Å². The highest BCUT2D eigenvalue weighted by molar-refractivity contribution is 7.16. The lowest BCUT2D eigenvalue weighted by molar-refractivity contribution is 0.0990. The van der Waals surface area contributed by atoms with E-state index in [0.29, 0.717) is 11.1 Å². The number of anilines is 3. The predicted octanol–water partition coefficient (Wildman–Crippen LogP) is 10.7. The molecule has 0 atom stereocenters. The van der Waals surface area contributed by atoms with E-state index in [2.05, 4.69) is 118 Å². The molecule has 2 heterocycles. The first-order valence-electron chi connectivity index (χ1n) is 16.3. The Kier molecular flexibility index (Phi) is 6.03. The number of nitrogens with zero attached hydrogens (tertiary/aromatic N) is 2. The van der Waals surface area contributed by atoms with Gasteiger partial charge in [-0.15, -0.1) is 11.3 Å². The van der Waals surface area contributed by atoms with E-state index in [1.165, 1.54) is 22.3 Å². The number of Topliss-reactive ketones (excluding diaryl/α,β-unsaturated/α-hetero) is 2. The number of ketones is 2. The molecule has 0 unspecified atom stereocenters. The number of rotatable bonds is 4. The number of carbonyl (C=O) groups excluding carboxylic acids is 2. The van der Waals surface area contributed by atoms with Gasteiger partial charge in [0.25, 0.3) is 0 Å². The van der Waals surface area contributed by atoms with E-state index in [1.807, 2.05) is 6.07 Å². The highest BCUT2D eigenvalue weighted by Crippen LogP contribution is 2.54. The average Bonchev–Trinajstić information content (AvgIpc) is 3.76. The smallest absolute Gasteiger partial charge is 0.197 e. The van der Waals surface area contributed by atoms with E-state index < -0.39 is 0 Å². The largest absolute Gasteiger partial charge is 0.295 e. The number of hydrogen-bond donors (Lipinski definition) is 0. The molecule has 4 aromatic carbocycles. The number of carbonyl (C=O) groups is 2. The van der Waals surface area contributed by atoms with Crippen LogP contribution in [0.5, 0.6) is 0 Å². The molecule has 2 aromatic heterocycles. The van der Waals surface area contributed by atoms with Gasteiger partial charge in [0.15, 0.2) is 11.6 Å². The third-order valence-electron chi connectivity index (χ3n) is 10.4. The molecule has 0 aliphatic heterocycles. The van der Waals surface area contributed by atoms with Gasteiger partial charge in [0.05, 0.1) is 11.3 Å². The topological polar surface area (TPSA) is 50.3 Å². The van der Waals surface area contributed by atoms with Crippen LogP contribution in [0, 0.1) is 0 Å². The second-order valence-electron chi connectivity index (χ2n) is 13.9.